The maximum atomic E-state index is 12.9. The number of hydrogen-bond donors (Lipinski definition) is 7. The summed E-state index contributed by atoms with van der Waals surface area (Å²) >= 11 is 0. The molecule has 228 valence electrons. The standard InChI is InChI=1S/C12H11F9N2O2.C9H11F3N2O/c1-8(24,10(13,14)15)4-2-5(7(23)3-6(4)22)9(25,11(16,17)18)12(19,20)21;1-8(15,9(10,11)12)5-2-6(13)4-7(14)3-5/h2-3,24-25H,22-23H2,1H3;2-4,15H,13-14H2,1H3. The quantitative estimate of drug-likeness (QED) is 0.199. The third-order valence-corrected chi connectivity index (χ3v) is 5.60. The van der Waals surface area contributed by atoms with Gasteiger partial charge in [0, 0.05) is 33.9 Å². The number of hydrogen-bond acceptors (Lipinski definition) is 7. The van der Waals surface area contributed by atoms with Gasteiger partial charge in [0.2, 0.25) is 0 Å². The van der Waals surface area contributed by atoms with Crippen molar-refractivity contribution in [2.45, 2.75) is 55.4 Å². The first kappa shape index (κ1) is 34.7. The number of benzene rings is 2. The molecule has 0 radical (unpaired) electrons. The third kappa shape index (κ3) is 6.35. The topological polar surface area (TPSA) is 165 Å². The monoisotopic (exact) mass is 606 g/mol. The fraction of sp³-hybridized carbons (Fsp3) is 0.429. The van der Waals surface area contributed by atoms with Crippen LogP contribution in [0.2, 0.25) is 0 Å². The van der Waals surface area contributed by atoms with Crippen LogP contribution in [0, 0.1) is 0 Å². The number of halogens is 12. The van der Waals surface area contributed by atoms with Crippen LogP contribution < -0.4 is 22.9 Å². The van der Waals surface area contributed by atoms with Crippen LogP contribution in [-0.4, -0.2) is 40.0 Å². The van der Waals surface area contributed by atoms with Gasteiger partial charge in [0.1, 0.15) is 0 Å². The molecule has 2 aromatic rings. The average molecular weight is 606 g/mol. The zero-order valence-electron chi connectivity index (χ0n) is 20.1. The third-order valence-electron chi connectivity index (χ3n) is 5.60. The van der Waals surface area contributed by atoms with E-state index in [0.29, 0.717) is 6.92 Å². The molecule has 40 heavy (non-hydrogen) atoms. The molecule has 0 fully saturated rings. The van der Waals surface area contributed by atoms with E-state index >= 15 is 0 Å². The highest BCUT2D eigenvalue weighted by Crippen LogP contribution is 2.53. The number of rotatable bonds is 3. The van der Waals surface area contributed by atoms with Gasteiger partial charge < -0.3 is 38.3 Å². The fourth-order valence-corrected chi connectivity index (χ4v) is 3.11. The minimum Gasteiger partial charge on any atom is -0.399 e. The summed E-state index contributed by atoms with van der Waals surface area (Å²) in [6, 6.07) is 3.20. The summed E-state index contributed by atoms with van der Waals surface area (Å²) < 4.78 is 153. The van der Waals surface area contributed by atoms with Gasteiger partial charge in [-0.15, -0.1) is 0 Å². The smallest absolute Gasteiger partial charge is 0.399 e. The molecular weight excluding hydrogens is 584 g/mol. The molecule has 0 aliphatic carbocycles. The van der Waals surface area contributed by atoms with Gasteiger partial charge in [-0.2, -0.15) is 52.7 Å². The van der Waals surface area contributed by atoms with E-state index in [1.165, 1.54) is 6.07 Å². The molecule has 2 aromatic carbocycles. The lowest BCUT2D eigenvalue weighted by molar-refractivity contribution is -0.376. The first-order valence-corrected chi connectivity index (χ1v) is 10.2. The molecule has 7 nitrogen and oxygen atoms in total. The Balaban J connectivity index is 0.000000453. The van der Waals surface area contributed by atoms with E-state index < -0.39 is 64.0 Å². The highest BCUT2D eigenvalue weighted by atomic mass is 19.4. The number of nitrogens with two attached hydrogens (primary N) is 4. The molecule has 11 N–H and O–H groups in total. The van der Waals surface area contributed by atoms with E-state index in [1.54, 1.807) is 0 Å². The van der Waals surface area contributed by atoms with Crippen molar-refractivity contribution in [2.75, 3.05) is 22.9 Å². The lowest BCUT2D eigenvalue weighted by Crippen LogP contribution is -2.54. The summed E-state index contributed by atoms with van der Waals surface area (Å²) in [5.41, 5.74) is 2.16. The molecule has 2 atom stereocenters. The lowest BCUT2D eigenvalue weighted by Gasteiger charge is -2.35. The molecule has 0 saturated carbocycles. The summed E-state index contributed by atoms with van der Waals surface area (Å²) in [6.45, 7) is 0.722. The summed E-state index contributed by atoms with van der Waals surface area (Å²) in [7, 11) is 0. The average Bonchev–Trinajstić information content (AvgIpc) is 2.69. The second kappa shape index (κ2) is 10.3. The normalized spacial score (nSPS) is 16.4. The van der Waals surface area contributed by atoms with Crippen LogP contribution in [0.3, 0.4) is 0 Å². The lowest BCUT2D eigenvalue weighted by atomic mass is 9.84. The molecule has 2 unspecified atom stereocenters. The molecule has 0 saturated heterocycles. The van der Waals surface area contributed by atoms with Crippen molar-refractivity contribution in [3.05, 3.63) is 47.0 Å². The van der Waals surface area contributed by atoms with E-state index in [1.807, 2.05) is 0 Å². The molecule has 0 bridgehead atoms. The van der Waals surface area contributed by atoms with Crippen molar-refractivity contribution in [2.24, 2.45) is 0 Å². The minimum absolute atomic E-state index is 0.0683. The number of anilines is 4. The van der Waals surface area contributed by atoms with Gasteiger partial charge >= 0.3 is 24.7 Å². The number of alkyl halides is 12. The van der Waals surface area contributed by atoms with Gasteiger partial charge in [0.25, 0.3) is 5.60 Å². The Kier molecular flexibility index (Phi) is 8.90. The Morgan fingerprint density at radius 2 is 0.825 bits per heavy atom. The minimum atomic E-state index is -6.38. The van der Waals surface area contributed by atoms with Crippen LogP contribution in [0.4, 0.5) is 75.4 Å². The predicted molar refractivity (Wildman–Crippen MR) is 118 cm³/mol. The highest BCUT2D eigenvalue weighted by molar-refractivity contribution is 5.65. The second-order valence-corrected chi connectivity index (χ2v) is 8.76. The predicted octanol–water partition coefficient (Wildman–Crippen LogP) is 4.55. The van der Waals surface area contributed by atoms with E-state index in [4.69, 9.17) is 22.9 Å². The van der Waals surface area contributed by atoms with Crippen LogP contribution in [0.5, 0.6) is 0 Å². The van der Waals surface area contributed by atoms with Crippen molar-refractivity contribution in [3.8, 4) is 0 Å². The zero-order valence-corrected chi connectivity index (χ0v) is 20.1. The molecule has 19 heteroatoms. The van der Waals surface area contributed by atoms with E-state index in [0.717, 1.165) is 12.1 Å². The highest BCUT2D eigenvalue weighted by Gasteiger charge is 2.72. The van der Waals surface area contributed by atoms with Gasteiger partial charge in [0.15, 0.2) is 11.2 Å². The molecule has 0 heterocycles. The molecule has 0 spiro atoms. The van der Waals surface area contributed by atoms with Crippen LogP contribution in [0.1, 0.15) is 30.5 Å². The van der Waals surface area contributed by atoms with E-state index in [9.17, 15) is 68.0 Å². The van der Waals surface area contributed by atoms with Crippen molar-refractivity contribution < 1.29 is 68.0 Å². The van der Waals surface area contributed by atoms with Crippen molar-refractivity contribution in [3.63, 3.8) is 0 Å². The summed E-state index contributed by atoms with van der Waals surface area (Å²) in [6.07, 6.45) is -23.0. The Morgan fingerprint density at radius 3 is 1.15 bits per heavy atom. The zero-order chi connectivity index (χ0) is 32.1. The van der Waals surface area contributed by atoms with Crippen LogP contribution in [0.25, 0.3) is 0 Å². The largest absolute Gasteiger partial charge is 0.430 e. The van der Waals surface area contributed by atoms with Crippen molar-refractivity contribution >= 4 is 22.7 Å². The van der Waals surface area contributed by atoms with Gasteiger partial charge in [-0.05, 0) is 49.7 Å². The Labute approximate surface area is 217 Å². The van der Waals surface area contributed by atoms with Gasteiger partial charge in [-0.3, -0.25) is 0 Å². The molecule has 2 rings (SSSR count). The van der Waals surface area contributed by atoms with Gasteiger partial charge in [0.05, 0.1) is 0 Å². The molecule has 0 aliphatic rings. The van der Waals surface area contributed by atoms with Gasteiger partial charge in [-0.25, -0.2) is 0 Å². The summed E-state index contributed by atoms with van der Waals surface area (Å²) in [4.78, 5) is 0. The summed E-state index contributed by atoms with van der Waals surface area (Å²) in [5, 5.41) is 28.1. The molecule has 0 amide bonds. The van der Waals surface area contributed by atoms with Crippen LogP contribution >= 0.6 is 0 Å². The van der Waals surface area contributed by atoms with Crippen LogP contribution in [0.15, 0.2) is 30.3 Å². The number of aliphatic hydroxyl groups is 3. The molecule has 0 aromatic heterocycles. The second-order valence-electron chi connectivity index (χ2n) is 8.76. The van der Waals surface area contributed by atoms with E-state index in [-0.39, 0.29) is 36.0 Å². The molecule has 0 aliphatic heterocycles. The van der Waals surface area contributed by atoms with E-state index in [2.05, 4.69) is 0 Å². The van der Waals surface area contributed by atoms with Gasteiger partial charge in [-0.1, -0.05) is 0 Å². The SMILES string of the molecule is CC(O)(c1cc(C(O)(C(F)(F)F)C(F)(F)F)c(N)cc1N)C(F)(F)F.CC(O)(c1cc(N)cc(N)c1)C(F)(F)F. The Bertz CT molecular complexity index is 1190. The van der Waals surface area contributed by atoms with Crippen molar-refractivity contribution in [1.82, 2.24) is 0 Å². The molecular formula is C21H22F12N4O3. The van der Waals surface area contributed by atoms with Crippen LogP contribution in [-0.2, 0) is 16.8 Å². The first-order chi connectivity index (χ1) is 17.4. The maximum Gasteiger partial charge on any atom is 0.430 e. The first-order valence-electron chi connectivity index (χ1n) is 10.2. The Morgan fingerprint density at radius 1 is 0.475 bits per heavy atom. The van der Waals surface area contributed by atoms with Crippen molar-refractivity contribution in [1.29, 1.82) is 0 Å². The Hall–Kier alpha value is -3.32. The maximum absolute atomic E-state index is 12.9. The summed E-state index contributed by atoms with van der Waals surface area (Å²) in [5.74, 6) is 0. The number of nitrogen functional groups attached to an aromatic ring is 4. The fourth-order valence-electron chi connectivity index (χ4n) is 3.11.